The van der Waals surface area contributed by atoms with Gasteiger partial charge < -0.3 is 10.5 Å². The van der Waals surface area contributed by atoms with Gasteiger partial charge in [0, 0.05) is 32.1 Å². The van der Waals surface area contributed by atoms with Crippen molar-refractivity contribution < 1.29 is 9.13 Å². The third kappa shape index (κ3) is 2.11. The molecule has 1 aromatic rings. The maximum absolute atomic E-state index is 14.8. The lowest BCUT2D eigenvalue weighted by molar-refractivity contribution is -0.0120. The molecule has 2 N–H and O–H groups in total. The minimum atomic E-state index is -1.26. The zero-order valence-electron chi connectivity index (χ0n) is 9.58. The Morgan fingerprint density at radius 3 is 2.56 bits per heavy atom. The lowest BCUT2D eigenvalue weighted by atomic mass is 9.84. The first-order valence-electron chi connectivity index (χ1n) is 5.75. The predicted octanol–water partition coefficient (Wildman–Crippen LogP) is 2.68. The van der Waals surface area contributed by atoms with Crippen molar-refractivity contribution in [3.8, 4) is 0 Å². The number of benzene rings is 1. The first-order chi connectivity index (χ1) is 7.63. The van der Waals surface area contributed by atoms with Gasteiger partial charge in [0.2, 0.25) is 0 Å². The highest BCUT2D eigenvalue weighted by Gasteiger charge is 2.36. The number of hydrogen-bond donors (Lipinski definition) is 1. The third-order valence-electron chi connectivity index (χ3n) is 3.22. The summed E-state index contributed by atoms with van der Waals surface area (Å²) in [7, 11) is 0. The molecule has 1 saturated heterocycles. The molecule has 2 nitrogen and oxygen atoms in total. The molecule has 1 aliphatic heterocycles. The van der Waals surface area contributed by atoms with E-state index < -0.39 is 5.67 Å². The minimum absolute atomic E-state index is 0.133. The van der Waals surface area contributed by atoms with Crippen molar-refractivity contribution in [3.63, 3.8) is 0 Å². The highest BCUT2D eigenvalue weighted by Crippen LogP contribution is 2.39. The maximum atomic E-state index is 14.8. The van der Waals surface area contributed by atoms with Gasteiger partial charge >= 0.3 is 0 Å². The van der Waals surface area contributed by atoms with Gasteiger partial charge in [-0.3, -0.25) is 0 Å². The molecule has 0 aliphatic carbocycles. The maximum Gasteiger partial charge on any atom is 0.140 e. The van der Waals surface area contributed by atoms with Crippen molar-refractivity contribution in [3.05, 3.63) is 35.4 Å². The number of alkyl halides is 1. The van der Waals surface area contributed by atoms with Crippen molar-refractivity contribution in [2.75, 3.05) is 13.2 Å². The summed E-state index contributed by atoms with van der Waals surface area (Å²) >= 11 is 0. The Kier molecular flexibility index (Phi) is 3.26. The fourth-order valence-corrected chi connectivity index (χ4v) is 2.27. The fourth-order valence-electron chi connectivity index (χ4n) is 2.27. The first-order valence-corrected chi connectivity index (χ1v) is 5.75. The Labute approximate surface area is 95.6 Å². The second kappa shape index (κ2) is 4.52. The number of hydrogen-bond acceptors (Lipinski definition) is 2. The summed E-state index contributed by atoms with van der Waals surface area (Å²) in [5.74, 6) is 0. The summed E-state index contributed by atoms with van der Waals surface area (Å²) in [5, 5.41) is 0. The van der Waals surface area contributed by atoms with Crippen LogP contribution in [0.1, 0.15) is 36.9 Å². The summed E-state index contributed by atoms with van der Waals surface area (Å²) in [5.41, 5.74) is 6.27. The van der Waals surface area contributed by atoms with Crippen LogP contribution >= 0.6 is 0 Å². The molecule has 0 saturated carbocycles. The van der Waals surface area contributed by atoms with Crippen molar-refractivity contribution in [1.82, 2.24) is 0 Å². The van der Waals surface area contributed by atoms with Crippen molar-refractivity contribution >= 4 is 0 Å². The van der Waals surface area contributed by atoms with Gasteiger partial charge in [0.1, 0.15) is 5.67 Å². The van der Waals surface area contributed by atoms with E-state index in [1.54, 1.807) is 0 Å². The lowest BCUT2D eigenvalue weighted by Crippen LogP contribution is -2.31. The second-order valence-electron chi connectivity index (χ2n) is 4.45. The average Bonchev–Trinajstić information content (AvgIpc) is 2.30. The van der Waals surface area contributed by atoms with Gasteiger partial charge in [-0.2, -0.15) is 0 Å². The van der Waals surface area contributed by atoms with Crippen LogP contribution in [0.4, 0.5) is 4.39 Å². The van der Waals surface area contributed by atoms with Crippen molar-refractivity contribution in [2.45, 2.75) is 31.5 Å². The Morgan fingerprint density at radius 2 is 1.94 bits per heavy atom. The highest BCUT2D eigenvalue weighted by molar-refractivity contribution is 5.34. The third-order valence-corrected chi connectivity index (χ3v) is 3.22. The summed E-state index contributed by atoms with van der Waals surface area (Å²) < 4.78 is 20.0. The van der Waals surface area contributed by atoms with Gasteiger partial charge in [0.25, 0.3) is 0 Å². The SMILES string of the molecule is CC(N)c1ccccc1C1(F)CCOCC1. The van der Waals surface area contributed by atoms with E-state index in [2.05, 4.69) is 0 Å². The van der Waals surface area contributed by atoms with E-state index in [0.29, 0.717) is 26.1 Å². The molecule has 0 spiro atoms. The zero-order chi connectivity index (χ0) is 11.6. The normalized spacial score (nSPS) is 21.7. The smallest absolute Gasteiger partial charge is 0.140 e. The van der Waals surface area contributed by atoms with Gasteiger partial charge in [-0.15, -0.1) is 0 Å². The van der Waals surface area contributed by atoms with Crippen LogP contribution in [-0.2, 0) is 10.4 Å². The highest BCUT2D eigenvalue weighted by atomic mass is 19.1. The van der Waals surface area contributed by atoms with Crippen LogP contribution in [0, 0.1) is 0 Å². The van der Waals surface area contributed by atoms with E-state index >= 15 is 0 Å². The summed E-state index contributed by atoms with van der Waals surface area (Å²) in [6, 6.07) is 7.41. The predicted molar refractivity (Wildman–Crippen MR) is 61.9 cm³/mol. The number of rotatable bonds is 2. The van der Waals surface area contributed by atoms with Crippen LogP contribution in [0.25, 0.3) is 0 Å². The molecule has 0 aromatic heterocycles. The molecule has 2 rings (SSSR count). The molecule has 1 unspecified atom stereocenters. The molecule has 1 heterocycles. The second-order valence-corrected chi connectivity index (χ2v) is 4.45. The van der Waals surface area contributed by atoms with E-state index in [9.17, 15) is 4.39 Å². The molecule has 1 aliphatic rings. The molecular weight excluding hydrogens is 205 g/mol. The molecule has 3 heteroatoms. The van der Waals surface area contributed by atoms with Gasteiger partial charge in [0.05, 0.1) is 0 Å². The van der Waals surface area contributed by atoms with Gasteiger partial charge in [0.15, 0.2) is 0 Å². The largest absolute Gasteiger partial charge is 0.381 e. The first kappa shape index (κ1) is 11.6. The Hall–Kier alpha value is -0.930. The van der Waals surface area contributed by atoms with Crippen molar-refractivity contribution in [2.24, 2.45) is 5.73 Å². The molecule has 88 valence electrons. The Balaban J connectivity index is 2.38. The van der Waals surface area contributed by atoms with E-state index in [-0.39, 0.29) is 6.04 Å². The van der Waals surface area contributed by atoms with E-state index in [0.717, 1.165) is 11.1 Å². The van der Waals surface area contributed by atoms with E-state index in [4.69, 9.17) is 10.5 Å². The Morgan fingerprint density at radius 1 is 1.31 bits per heavy atom. The standard InChI is InChI=1S/C13H18FNO/c1-10(15)11-4-2-3-5-12(11)13(14)6-8-16-9-7-13/h2-5,10H,6-9,15H2,1H3. The average molecular weight is 223 g/mol. The van der Waals surface area contributed by atoms with E-state index in [1.165, 1.54) is 0 Å². The number of halogens is 1. The zero-order valence-corrected chi connectivity index (χ0v) is 9.58. The minimum Gasteiger partial charge on any atom is -0.381 e. The van der Waals surface area contributed by atoms with Gasteiger partial charge in [-0.1, -0.05) is 24.3 Å². The molecule has 16 heavy (non-hydrogen) atoms. The summed E-state index contributed by atoms with van der Waals surface area (Å²) in [4.78, 5) is 0. The van der Waals surface area contributed by atoms with Crippen molar-refractivity contribution in [1.29, 1.82) is 0 Å². The molecule has 0 amide bonds. The molecule has 1 atom stereocenters. The van der Waals surface area contributed by atoms with Gasteiger partial charge in [-0.25, -0.2) is 4.39 Å². The van der Waals surface area contributed by atoms with Crippen LogP contribution in [0.3, 0.4) is 0 Å². The molecule has 0 radical (unpaired) electrons. The van der Waals surface area contributed by atoms with Crippen LogP contribution in [0.2, 0.25) is 0 Å². The summed E-state index contributed by atoms with van der Waals surface area (Å²) in [6.07, 6.45) is 0.855. The number of nitrogens with two attached hydrogens (primary N) is 1. The quantitative estimate of drug-likeness (QED) is 0.836. The van der Waals surface area contributed by atoms with Gasteiger partial charge in [-0.05, 0) is 18.1 Å². The summed E-state index contributed by atoms with van der Waals surface area (Å²) in [6.45, 7) is 2.87. The van der Waals surface area contributed by atoms with Crippen LogP contribution < -0.4 is 5.73 Å². The molecule has 0 bridgehead atoms. The van der Waals surface area contributed by atoms with Crippen LogP contribution in [-0.4, -0.2) is 13.2 Å². The van der Waals surface area contributed by atoms with Crippen LogP contribution in [0.5, 0.6) is 0 Å². The molecular formula is C13H18FNO. The number of ether oxygens (including phenoxy) is 1. The molecule has 1 fully saturated rings. The van der Waals surface area contributed by atoms with E-state index in [1.807, 2.05) is 31.2 Å². The molecule has 1 aromatic carbocycles. The van der Waals surface area contributed by atoms with Crippen LogP contribution in [0.15, 0.2) is 24.3 Å². The lowest BCUT2D eigenvalue weighted by Gasteiger charge is -2.32. The Bertz CT molecular complexity index is 359. The monoisotopic (exact) mass is 223 g/mol. The fraction of sp³-hybridized carbons (Fsp3) is 0.538. The topological polar surface area (TPSA) is 35.2 Å².